The summed E-state index contributed by atoms with van der Waals surface area (Å²) in [7, 11) is 0. The molecule has 0 unspecified atom stereocenters. The summed E-state index contributed by atoms with van der Waals surface area (Å²) in [5.74, 6) is 0.899. The summed E-state index contributed by atoms with van der Waals surface area (Å²) in [6, 6.07) is 20.4. The van der Waals surface area contributed by atoms with Crippen molar-refractivity contribution in [3.63, 3.8) is 0 Å². The lowest BCUT2D eigenvalue weighted by Crippen LogP contribution is -1.91. The minimum Gasteiger partial charge on any atom is -0.494 e. The maximum atomic E-state index is 6.05. The Morgan fingerprint density at radius 1 is 0.850 bits per heavy atom. The molecule has 0 aliphatic carbocycles. The molecule has 2 nitrogen and oxygen atoms in total. The smallest absolute Gasteiger partial charge is 0.119 e. The number of fused-ring (bicyclic) bond motifs is 1. The summed E-state index contributed by atoms with van der Waals surface area (Å²) in [6.45, 7) is 2.67. The third-order valence-electron chi connectivity index (χ3n) is 3.43. The van der Waals surface area contributed by atoms with E-state index in [2.05, 4.69) is 30.3 Å². The standard InChI is InChI=1S/C18H17NO/c1-2-20-14-11-9-13(10-12-14)15-5-3-7-17-16(15)6-4-8-18(17)19/h3-12H,2,19H2,1H3. The van der Waals surface area contributed by atoms with E-state index in [1.165, 1.54) is 16.5 Å². The van der Waals surface area contributed by atoms with Gasteiger partial charge in [0.15, 0.2) is 0 Å². The van der Waals surface area contributed by atoms with E-state index < -0.39 is 0 Å². The van der Waals surface area contributed by atoms with E-state index in [1.807, 2.05) is 37.3 Å². The number of nitrogen functional groups attached to an aromatic ring is 1. The molecule has 3 aromatic carbocycles. The van der Waals surface area contributed by atoms with Gasteiger partial charge in [-0.15, -0.1) is 0 Å². The molecule has 0 amide bonds. The van der Waals surface area contributed by atoms with E-state index in [1.54, 1.807) is 0 Å². The highest BCUT2D eigenvalue weighted by Gasteiger charge is 2.05. The first kappa shape index (κ1) is 12.5. The number of anilines is 1. The van der Waals surface area contributed by atoms with Gasteiger partial charge in [0.1, 0.15) is 5.75 Å². The van der Waals surface area contributed by atoms with Crippen molar-refractivity contribution in [2.45, 2.75) is 6.92 Å². The van der Waals surface area contributed by atoms with Crippen LogP contribution in [0.25, 0.3) is 21.9 Å². The number of rotatable bonds is 3. The molecule has 2 heteroatoms. The van der Waals surface area contributed by atoms with Crippen LogP contribution in [0, 0.1) is 0 Å². The van der Waals surface area contributed by atoms with Gasteiger partial charge in [-0.1, -0.05) is 42.5 Å². The zero-order valence-corrected chi connectivity index (χ0v) is 11.5. The van der Waals surface area contributed by atoms with Crippen LogP contribution < -0.4 is 10.5 Å². The van der Waals surface area contributed by atoms with Crippen LogP contribution in [0.4, 0.5) is 5.69 Å². The summed E-state index contributed by atoms with van der Waals surface area (Å²) in [5, 5.41) is 2.27. The fourth-order valence-corrected chi connectivity index (χ4v) is 2.48. The molecule has 0 fully saturated rings. The van der Waals surface area contributed by atoms with Gasteiger partial charge in [-0.05, 0) is 41.6 Å². The number of ether oxygens (including phenoxy) is 1. The molecule has 0 heterocycles. The minimum absolute atomic E-state index is 0.685. The molecule has 0 bridgehead atoms. The van der Waals surface area contributed by atoms with Crippen LogP contribution in [0.15, 0.2) is 60.7 Å². The maximum absolute atomic E-state index is 6.05. The predicted molar refractivity (Wildman–Crippen MR) is 85.0 cm³/mol. The van der Waals surface area contributed by atoms with Gasteiger partial charge in [0, 0.05) is 11.1 Å². The average Bonchev–Trinajstić information content (AvgIpc) is 2.48. The van der Waals surface area contributed by atoms with Crippen LogP contribution in [0.3, 0.4) is 0 Å². The Morgan fingerprint density at radius 3 is 2.30 bits per heavy atom. The quantitative estimate of drug-likeness (QED) is 0.707. The molecule has 0 saturated heterocycles. The molecule has 3 aromatic rings. The molecule has 0 radical (unpaired) electrons. The molecule has 2 N–H and O–H groups in total. The molecule has 0 saturated carbocycles. The monoisotopic (exact) mass is 263 g/mol. The van der Waals surface area contributed by atoms with Gasteiger partial charge in [0.05, 0.1) is 6.61 Å². The van der Waals surface area contributed by atoms with Gasteiger partial charge >= 0.3 is 0 Å². The van der Waals surface area contributed by atoms with Crippen LogP contribution in [0.1, 0.15) is 6.92 Å². The lowest BCUT2D eigenvalue weighted by molar-refractivity contribution is 0.340. The Morgan fingerprint density at radius 2 is 1.55 bits per heavy atom. The van der Waals surface area contributed by atoms with Crippen molar-refractivity contribution in [2.24, 2.45) is 0 Å². The summed E-state index contributed by atoms with van der Waals surface area (Å²) >= 11 is 0. The van der Waals surface area contributed by atoms with Gasteiger partial charge in [-0.25, -0.2) is 0 Å². The van der Waals surface area contributed by atoms with E-state index in [0.29, 0.717) is 6.61 Å². The van der Waals surface area contributed by atoms with Gasteiger partial charge in [0.2, 0.25) is 0 Å². The number of benzene rings is 3. The first-order valence-electron chi connectivity index (χ1n) is 6.80. The van der Waals surface area contributed by atoms with Gasteiger partial charge in [-0.3, -0.25) is 0 Å². The SMILES string of the molecule is CCOc1ccc(-c2cccc3c(N)cccc23)cc1. The van der Waals surface area contributed by atoms with Crippen LogP contribution in [-0.2, 0) is 0 Å². The van der Waals surface area contributed by atoms with Crippen molar-refractivity contribution in [1.29, 1.82) is 0 Å². The fourth-order valence-electron chi connectivity index (χ4n) is 2.48. The van der Waals surface area contributed by atoms with Crippen LogP contribution in [-0.4, -0.2) is 6.61 Å². The molecule has 20 heavy (non-hydrogen) atoms. The molecule has 0 aliphatic heterocycles. The average molecular weight is 263 g/mol. The first-order chi connectivity index (χ1) is 9.79. The Hall–Kier alpha value is -2.48. The molecule has 0 atom stereocenters. The Kier molecular flexibility index (Phi) is 3.30. The van der Waals surface area contributed by atoms with Crippen molar-refractivity contribution in [3.05, 3.63) is 60.7 Å². The lowest BCUT2D eigenvalue weighted by atomic mass is 9.97. The van der Waals surface area contributed by atoms with Gasteiger partial charge < -0.3 is 10.5 Å². The second-order valence-electron chi connectivity index (χ2n) is 4.71. The van der Waals surface area contributed by atoms with E-state index in [-0.39, 0.29) is 0 Å². The second kappa shape index (κ2) is 5.25. The third kappa shape index (κ3) is 2.21. The molecule has 100 valence electrons. The van der Waals surface area contributed by atoms with Gasteiger partial charge in [-0.2, -0.15) is 0 Å². The first-order valence-corrected chi connectivity index (χ1v) is 6.80. The van der Waals surface area contributed by atoms with E-state index >= 15 is 0 Å². The summed E-state index contributed by atoms with van der Waals surface area (Å²) in [4.78, 5) is 0. The highest BCUT2D eigenvalue weighted by Crippen LogP contribution is 2.32. The number of nitrogens with two attached hydrogens (primary N) is 1. The van der Waals surface area contributed by atoms with Gasteiger partial charge in [0.25, 0.3) is 0 Å². The predicted octanol–water partition coefficient (Wildman–Crippen LogP) is 4.49. The zero-order chi connectivity index (χ0) is 13.9. The Balaban J connectivity index is 2.12. The molecular formula is C18H17NO. The normalized spacial score (nSPS) is 10.7. The molecular weight excluding hydrogens is 246 g/mol. The van der Waals surface area contributed by atoms with E-state index in [4.69, 9.17) is 10.5 Å². The summed E-state index contributed by atoms with van der Waals surface area (Å²) < 4.78 is 5.48. The summed E-state index contributed by atoms with van der Waals surface area (Å²) in [6.07, 6.45) is 0. The van der Waals surface area contributed by atoms with Crippen molar-refractivity contribution < 1.29 is 4.74 Å². The molecule has 0 aliphatic rings. The third-order valence-corrected chi connectivity index (χ3v) is 3.43. The highest BCUT2D eigenvalue weighted by molar-refractivity contribution is 6.02. The minimum atomic E-state index is 0.685. The Bertz CT molecular complexity index is 732. The largest absolute Gasteiger partial charge is 0.494 e. The number of hydrogen-bond acceptors (Lipinski definition) is 2. The zero-order valence-electron chi connectivity index (χ0n) is 11.5. The van der Waals surface area contributed by atoms with Crippen molar-refractivity contribution in [3.8, 4) is 16.9 Å². The highest BCUT2D eigenvalue weighted by atomic mass is 16.5. The van der Waals surface area contributed by atoms with Crippen molar-refractivity contribution >= 4 is 16.5 Å². The summed E-state index contributed by atoms with van der Waals surface area (Å²) in [5.41, 5.74) is 9.23. The van der Waals surface area contributed by atoms with Crippen LogP contribution >= 0.6 is 0 Å². The number of hydrogen-bond donors (Lipinski definition) is 1. The van der Waals surface area contributed by atoms with Crippen molar-refractivity contribution in [2.75, 3.05) is 12.3 Å². The van der Waals surface area contributed by atoms with Crippen LogP contribution in [0.2, 0.25) is 0 Å². The molecule has 0 aromatic heterocycles. The second-order valence-corrected chi connectivity index (χ2v) is 4.71. The van der Waals surface area contributed by atoms with Crippen LogP contribution in [0.5, 0.6) is 5.75 Å². The van der Waals surface area contributed by atoms with E-state index in [9.17, 15) is 0 Å². The van der Waals surface area contributed by atoms with E-state index in [0.717, 1.165) is 16.8 Å². The maximum Gasteiger partial charge on any atom is 0.119 e. The lowest BCUT2D eigenvalue weighted by Gasteiger charge is -2.09. The fraction of sp³-hybridized carbons (Fsp3) is 0.111. The molecule has 0 spiro atoms. The van der Waals surface area contributed by atoms with Crippen molar-refractivity contribution in [1.82, 2.24) is 0 Å². The Labute approximate surface area is 118 Å². The molecule has 3 rings (SSSR count). The topological polar surface area (TPSA) is 35.2 Å².